The first kappa shape index (κ1) is 23.3. The molecule has 1 aromatic carbocycles. The van der Waals surface area contributed by atoms with Crippen LogP contribution in [0.25, 0.3) is 0 Å². The van der Waals surface area contributed by atoms with Crippen molar-refractivity contribution in [3.8, 4) is 5.75 Å². The summed E-state index contributed by atoms with van der Waals surface area (Å²) in [6.45, 7) is 4.51. The Balaban J connectivity index is 0.00000529. The lowest BCUT2D eigenvalue weighted by Crippen LogP contribution is -2.39. The normalized spacial score (nSPS) is 12.5. The zero-order valence-electron chi connectivity index (χ0n) is 15.3. The summed E-state index contributed by atoms with van der Waals surface area (Å²) in [6, 6.07) is 8.30. The molecule has 0 fully saturated rings. The Morgan fingerprint density at radius 1 is 1.29 bits per heavy atom. The van der Waals surface area contributed by atoms with Gasteiger partial charge in [0.15, 0.2) is 5.96 Å². The molecule has 138 valence electrons. The summed E-state index contributed by atoms with van der Waals surface area (Å²) in [6.07, 6.45) is 2.11. The zero-order valence-corrected chi connectivity index (χ0v) is 18.5. The number of guanidine groups is 1. The number of nitrogens with zero attached hydrogens (tertiary/aromatic N) is 2. The van der Waals surface area contributed by atoms with E-state index in [4.69, 9.17) is 9.73 Å². The zero-order chi connectivity index (χ0) is 17.1. The number of thioether (sulfide) groups is 1. The van der Waals surface area contributed by atoms with Crippen molar-refractivity contribution in [3.05, 3.63) is 29.8 Å². The molecule has 0 radical (unpaired) electrons. The third-order valence-electron chi connectivity index (χ3n) is 3.49. The second kappa shape index (κ2) is 13.6. The molecule has 0 spiro atoms. The molecule has 0 aromatic heterocycles. The average molecular weight is 466 g/mol. The number of nitrogens with one attached hydrogen (secondary N) is 2. The van der Waals surface area contributed by atoms with Crippen LogP contribution in [0, 0.1) is 0 Å². The van der Waals surface area contributed by atoms with Crippen LogP contribution in [0.15, 0.2) is 29.3 Å². The second-order valence-corrected chi connectivity index (χ2v) is 6.35. The van der Waals surface area contributed by atoms with Crippen molar-refractivity contribution >= 4 is 41.7 Å². The van der Waals surface area contributed by atoms with Crippen LogP contribution in [0.2, 0.25) is 0 Å². The number of likely N-dealkylation sites (N-methyl/N-ethyl adjacent to an activating group) is 1. The van der Waals surface area contributed by atoms with Crippen molar-refractivity contribution < 1.29 is 4.74 Å². The number of benzene rings is 1. The van der Waals surface area contributed by atoms with Crippen molar-refractivity contribution in [2.75, 3.05) is 52.8 Å². The van der Waals surface area contributed by atoms with Gasteiger partial charge in [-0.05, 0) is 33.3 Å². The molecule has 0 amide bonds. The molecule has 1 aromatic rings. The van der Waals surface area contributed by atoms with Gasteiger partial charge in [0.2, 0.25) is 0 Å². The third kappa shape index (κ3) is 7.94. The topological polar surface area (TPSA) is 48.9 Å². The Hall–Kier alpha value is -0.670. The lowest BCUT2D eigenvalue weighted by atomic mass is 10.0. The van der Waals surface area contributed by atoms with Crippen molar-refractivity contribution in [1.29, 1.82) is 0 Å². The maximum atomic E-state index is 5.50. The average Bonchev–Trinajstić information content (AvgIpc) is 2.55. The fourth-order valence-electron chi connectivity index (χ4n) is 2.27. The molecule has 1 unspecified atom stereocenters. The lowest BCUT2D eigenvalue weighted by molar-refractivity contribution is 0.295. The maximum absolute atomic E-state index is 5.50. The second-order valence-electron chi connectivity index (χ2n) is 5.36. The van der Waals surface area contributed by atoms with E-state index in [-0.39, 0.29) is 30.0 Å². The van der Waals surface area contributed by atoms with Gasteiger partial charge in [0, 0.05) is 24.4 Å². The first-order valence-electron chi connectivity index (χ1n) is 7.94. The number of rotatable bonds is 9. The first-order chi connectivity index (χ1) is 11.1. The van der Waals surface area contributed by atoms with Crippen LogP contribution in [-0.4, -0.2) is 63.7 Å². The number of ether oxygens (including phenoxy) is 1. The quantitative estimate of drug-likeness (QED) is 0.254. The van der Waals surface area contributed by atoms with Gasteiger partial charge in [-0.3, -0.25) is 4.99 Å². The van der Waals surface area contributed by atoms with Crippen LogP contribution >= 0.6 is 35.7 Å². The summed E-state index contributed by atoms with van der Waals surface area (Å²) < 4.78 is 5.50. The molecule has 0 bridgehead atoms. The van der Waals surface area contributed by atoms with Gasteiger partial charge in [0.1, 0.15) is 5.75 Å². The number of hydrogen-bond donors (Lipinski definition) is 2. The Kier molecular flexibility index (Phi) is 13.2. The maximum Gasteiger partial charge on any atom is 0.191 e. The van der Waals surface area contributed by atoms with E-state index >= 15 is 0 Å². The van der Waals surface area contributed by atoms with Crippen LogP contribution < -0.4 is 15.4 Å². The number of hydrogen-bond acceptors (Lipinski definition) is 4. The van der Waals surface area contributed by atoms with E-state index in [1.165, 1.54) is 0 Å². The molecule has 5 nitrogen and oxygen atoms in total. The smallest absolute Gasteiger partial charge is 0.191 e. The Bertz CT molecular complexity index is 485. The van der Waals surface area contributed by atoms with Gasteiger partial charge >= 0.3 is 0 Å². The van der Waals surface area contributed by atoms with Crippen LogP contribution in [0.4, 0.5) is 0 Å². The van der Waals surface area contributed by atoms with Gasteiger partial charge in [-0.15, -0.1) is 24.0 Å². The predicted octanol–water partition coefficient (Wildman–Crippen LogP) is 2.83. The molecule has 0 aliphatic rings. The van der Waals surface area contributed by atoms with E-state index in [1.54, 1.807) is 7.11 Å². The minimum absolute atomic E-state index is 0. The first-order valence-corrected chi connectivity index (χ1v) is 9.33. The van der Waals surface area contributed by atoms with Crippen LogP contribution in [0.1, 0.15) is 18.5 Å². The SMILES string of the molecule is CCNC(=NCC(c1ccccc1OC)N(C)C)NCCSC.I. The minimum Gasteiger partial charge on any atom is -0.496 e. The van der Waals surface area contributed by atoms with E-state index in [1.807, 2.05) is 30.0 Å². The van der Waals surface area contributed by atoms with E-state index in [9.17, 15) is 0 Å². The van der Waals surface area contributed by atoms with Gasteiger partial charge < -0.3 is 20.3 Å². The molecule has 0 heterocycles. The summed E-state index contributed by atoms with van der Waals surface area (Å²) in [7, 11) is 5.85. The highest BCUT2D eigenvalue weighted by Gasteiger charge is 2.18. The highest BCUT2D eigenvalue weighted by atomic mass is 127. The van der Waals surface area contributed by atoms with Gasteiger partial charge in [-0.2, -0.15) is 11.8 Å². The third-order valence-corrected chi connectivity index (χ3v) is 4.10. The largest absolute Gasteiger partial charge is 0.496 e. The van der Waals surface area contributed by atoms with Gasteiger partial charge in [-0.25, -0.2) is 0 Å². The van der Waals surface area contributed by atoms with Crippen molar-refractivity contribution in [2.24, 2.45) is 4.99 Å². The molecule has 0 aliphatic carbocycles. The van der Waals surface area contributed by atoms with Crippen LogP contribution in [0.3, 0.4) is 0 Å². The molecular formula is C17H31IN4OS. The standard InChI is InChI=1S/C17H30N4OS.HI/c1-6-18-17(19-11-12-23-5)20-13-15(21(2)3)14-9-7-8-10-16(14)22-4;/h7-10,15H,6,11-13H2,1-5H3,(H2,18,19,20);1H. The van der Waals surface area contributed by atoms with Crippen molar-refractivity contribution in [1.82, 2.24) is 15.5 Å². The molecule has 1 atom stereocenters. The predicted molar refractivity (Wildman–Crippen MR) is 117 cm³/mol. The summed E-state index contributed by atoms with van der Waals surface area (Å²) in [5, 5.41) is 6.66. The molecule has 7 heteroatoms. The van der Waals surface area contributed by atoms with Crippen molar-refractivity contribution in [3.63, 3.8) is 0 Å². The molecule has 0 saturated heterocycles. The number of methoxy groups -OCH3 is 1. The summed E-state index contributed by atoms with van der Waals surface area (Å²) in [5.41, 5.74) is 1.16. The number of aliphatic imine (C=N–C) groups is 1. The van der Waals surface area contributed by atoms with E-state index < -0.39 is 0 Å². The lowest BCUT2D eigenvalue weighted by Gasteiger charge is -2.25. The fourth-order valence-corrected chi connectivity index (χ4v) is 2.58. The molecule has 24 heavy (non-hydrogen) atoms. The molecule has 2 N–H and O–H groups in total. The summed E-state index contributed by atoms with van der Waals surface area (Å²) in [4.78, 5) is 6.92. The highest BCUT2D eigenvalue weighted by Crippen LogP contribution is 2.28. The highest BCUT2D eigenvalue weighted by molar-refractivity contribution is 14.0. The van der Waals surface area contributed by atoms with E-state index in [0.29, 0.717) is 6.54 Å². The summed E-state index contributed by atoms with van der Waals surface area (Å²) in [5.74, 6) is 2.83. The van der Waals surface area contributed by atoms with Gasteiger partial charge in [0.05, 0.1) is 19.7 Å². The molecule has 1 rings (SSSR count). The minimum atomic E-state index is 0. The fraction of sp³-hybridized carbons (Fsp3) is 0.588. The van der Waals surface area contributed by atoms with Gasteiger partial charge in [-0.1, -0.05) is 18.2 Å². The monoisotopic (exact) mass is 466 g/mol. The van der Waals surface area contributed by atoms with E-state index in [0.717, 1.165) is 36.1 Å². The van der Waals surface area contributed by atoms with Crippen LogP contribution in [0.5, 0.6) is 5.75 Å². The van der Waals surface area contributed by atoms with Crippen molar-refractivity contribution in [2.45, 2.75) is 13.0 Å². The molecule has 0 aliphatic heterocycles. The van der Waals surface area contributed by atoms with Crippen LogP contribution in [-0.2, 0) is 0 Å². The number of halogens is 1. The molecular weight excluding hydrogens is 435 g/mol. The Labute approximate surface area is 168 Å². The Morgan fingerprint density at radius 3 is 2.58 bits per heavy atom. The van der Waals surface area contributed by atoms with Gasteiger partial charge in [0.25, 0.3) is 0 Å². The number of para-hydroxylation sites is 1. The molecule has 0 saturated carbocycles. The Morgan fingerprint density at radius 2 is 2.00 bits per heavy atom. The summed E-state index contributed by atoms with van der Waals surface area (Å²) >= 11 is 1.82. The van der Waals surface area contributed by atoms with E-state index in [2.05, 4.69) is 48.9 Å².